The highest BCUT2D eigenvalue weighted by molar-refractivity contribution is 14.0. The first-order valence-corrected chi connectivity index (χ1v) is 10.6. The van der Waals surface area contributed by atoms with Gasteiger partial charge in [0.1, 0.15) is 0 Å². The van der Waals surface area contributed by atoms with Crippen molar-refractivity contribution in [3.8, 4) is 11.5 Å². The minimum Gasteiger partial charge on any atom is -0.493 e. The van der Waals surface area contributed by atoms with Crippen molar-refractivity contribution in [1.29, 1.82) is 0 Å². The second kappa shape index (κ2) is 14.7. The lowest BCUT2D eigenvalue weighted by molar-refractivity contribution is 0.0169. The molecule has 1 atom stereocenters. The van der Waals surface area contributed by atoms with Crippen LogP contribution in [0.2, 0.25) is 0 Å². The monoisotopic (exact) mass is 534 g/mol. The van der Waals surface area contributed by atoms with Gasteiger partial charge in [-0.1, -0.05) is 32.8 Å². The van der Waals surface area contributed by atoms with E-state index in [2.05, 4.69) is 46.5 Å². The zero-order chi connectivity index (χ0) is 21.1. The molecule has 7 nitrogen and oxygen atoms in total. The summed E-state index contributed by atoms with van der Waals surface area (Å²) in [4.78, 5) is 6.86. The minimum atomic E-state index is 0. The molecule has 1 unspecified atom stereocenters. The number of hydrogen-bond acceptors (Lipinski definition) is 5. The van der Waals surface area contributed by atoms with Gasteiger partial charge in [0, 0.05) is 33.2 Å². The molecule has 0 spiro atoms. The van der Waals surface area contributed by atoms with Crippen LogP contribution in [0.5, 0.6) is 11.5 Å². The minimum absolute atomic E-state index is 0. The largest absolute Gasteiger partial charge is 0.493 e. The maximum Gasteiger partial charge on any atom is 0.191 e. The Kier molecular flexibility index (Phi) is 13.1. The van der Waals surface area contributed by atoms with Crippen LogP contribution in [0.3, 0.4) is 0 Å². The fourth-order valence-corrected chi connectivity index (χ4v) is 3.64. The third-order valence-corrected chi connectivity index (χ3v) is 5.68. The Bertz CT molecular complexity index is 635. The van der Waals surface area contributed by atoms with Crippen molar-refractivity contribution < 1.29 is 14.2 Å². The first-order chi connectivity index (χ1) is 14.2. The first-order valence-electron chi connectivity index (χ1n) is 10.6. The Morgan fingerprint density at radius 3 is 2.27 bits per heavy atom. The van der Waals surface area contributed by atoms with Gasteiger partial charge in [0.25, 0.3) is 0 Å². The Balaban J connectivity index is 0.00000450. The van der Waals surface area contributed by atoms with E-state index in [1.165, 1.54) is 18.4 Å². The standard InChI is InChI=1S/C22H38N4O3.HI/c1-6-17(7-2)15-24-22(23-3)25-16-19(26-10-12-29-13-11-26)18-8-9-20(27-4)21(14-18)28-5;/h8-9,14,17,19H,6-7,10-13,15-16H2,1-5H3,(H2,23,24,25);1H. The van der Waals surface area contributed by atoms with E-state index in [4.69, 9.17) is 14.2 Å². The number of morpholine rings is 1. The molecule has 1 aliphatic rings. The van der Waals surface area contributed by atoms with Crippen molar-refractivity contribution in [3.05, 3.63) is 23.8 Å². The average Bonchev–Trinajstić information content (AvgIpc) is 2.78. The van der Waals surface area contributed by atoms with E-state index in [0.29, 0.717) is 5.92 Å². The number of guanidine groups is 1. The van der Waals surface area contributed by atoms with Gasteiger partial charge in [-0.2, -0.15) is 0 Å². The second-order valence-corrected chi connectivity index (χ2v) is 7.30. The summed E-state index contributed by atoms with van der Waals surface area (Å²) >= 11 is 0. The number of rotatable bonds is 10. The van der Waals surface area contributed by atoms with Gasteiger partial charge >= 0.3 is 0 Å². The number of nitrogens with zero attached hydrogens (tertiary/aromatic N) is 2. The lowest BCUT2D eigenvalue weighted by atomic mass is 10.0. The number of hydrogen-bond donors (Lipinski definition) is 2. The number of methoxy groups -OCH3 is 2. The van der Waals surface area contributed by atoms with Gasteiger partial charge in [0.05, 0.1) is 33.5 Å². The second-order valence-electron chi connectivity index (χ2n) is 7.30. The van der Waals surface area contributed by atoms with Crippen molar-refractivity contribution in [2.75, 3.05) is 60.7 Å². The summed E-state index contributed by atoms with van der Waals surface area (Å²) in [6.07, 6.45) is 2.34. The van der Waals surface area contributed by atoms with Crippen molar-refractivity contribution >= 4 is 29.9 Å². The lowest BCUT2D eigenvalue weighted by Gasteiger charge is -2.35. The molecule has 1 aliphatic heterocycles. The van der Waals surface area contributed by atoms with Gasteiger partial charge in [-0.05, 0) is 23.6 Å². The number of nitrogens with one attached hydrogen (secondary N) is 2. The Morgan fingerprint density at radius 2 is 1.70 bits per heavy atom. The first kappa shape index (κ1) is 26.8. The van der Waals surface area contributed by atoms with E-state index in [0.717, 1.165) is 56.9 Å². The van der Waals surface area contributed by atoms with Gasteiger partial charge in [0.15, 0.2) is 17.5 Å². The quantitative estimate of drug-likeness (QED) is 0.273. The average molecular weight is 534 g/mol. The van der Waals surface area contributed by atoms with Crippen LogP contribution in [0, 0.1) is 5.92 Å². The van der Waals surface area contributed by atoms with Gasteiger partial charge in [-0.25, -0.2) is 0 Å². The summed E-state index contributed by atoms with van der Waals surface area (Å²) in [5, 5.41) is 6.99. The molecule has 1 saturated heterocycles. The van der Waals surface area contributed by atoms with Crippen molar-refractivity contribution in [2.24, 2.45) is 10.9 Å². The molecule has 0 aliphatic carbocycles. The fraction of sp³-hybridized carbons (Fsp3) is 0.682. The van der Waals surface area contributed by atoms with E-state index in [9.17, 15) is 0 Å². The predicted octanol–water partition coefficient (Wildman–Crippen LogP) is 3.30. The van der Waals surface area contributed by atoms with Gasteiger partial charge < -0.3 is 24.8 Å². The highest BCUT2D eigenvalue weighted by Gasteiger charge is 2.24. The number of aliphatic imine (C=N–C) groups is 1. The summed E-state index contributed by atoms with van der Waals surface area (Å²) in [5.74, 6) is 3.00. The zero-order valence-electron chi connectivity index (χ0n) is 19.1. The molecule has 0 radical (unpaired) electrons. The normalized spacial score (nSPS) is 16.0. The molecular formula is C22H39IN4O3. The van der Waals surface area contributed by atoms with Crippen LogP contribution in [-0.2, 0) is 4.74 Å². The molecule has 8 heteroatoms. The topological polar surface area (TPSA) is 67.4 Å². The van der Waals surface area contributed by atoms with E-state index in [1.54, 1.807) is 14.2 Å². The SMILES string of the molecule is CCC(CC)CNC(=NC)NCC(c1ccc(OC)c(OC)c1)N1CCOCC1.I. The van der Waals surface area contributed by atoms with Crippen LogP contribution >= 0.6 is 24.0 Å². The molecule has 1 aromatic carbocycles. The molecule has 0 bridgehead atoms. The Labute approximate surface area is 199 Å². The van der Waals surface area contributed by atoms with Crippen LogP contribution in [0.25, 0.3) is 0 Å². The highest BCUT2D eigenvalue weighted by atomic mass is 127. The molecule has 0 amide bonds. The van der Waals surface area contributed by atoms with E-state index >= 15 is 0 Å². The van der Waals surface area contributed by atoms with E-state index in [1.807, 2.05) is 13.1 Å². The summed E-state index contributed by atoms with van der Waals surface area (Å²) in [5.41, 5.74) is 1.19. The molecule has 1 heterocycles. The maximum absolute atomic E-state index is 5.56. The maximum atomic E-state index is 5.56. The van der Waals surface area contributed by atoms with E-state index in [-0.39, 0.29) is 30.0 Å². The highest BCUT2D eigenvalue weighted by Crippen LogP contribution is 2.32. The Hall–Kier alpha value is -1.26. The summed E-state index contributed by atoms with van der Waals surface area (Å²) in [6, 6.07) is 6.34. The summed E-state index contributed by atoms with van der Waals surface area (Å²) in [6.45, 7) is 9.47. The van der Waals surface area contributed by atoms with Crippen LogP contribution in [0.15, 0.2) is 23.2 Å². The summed E-state index contributed by atoms with van der Waals surface area (Å²) in [7, 11) is 5.16. The molecule has 1 aromatic rings. The van der Waals surface area contributed by atoms with Gasteiger partial charge in [-0.15, -0.1) is 24.0 Å². The summed E-state index contributed by atoms with van der Waals surface area (Å²) < 4.78 is 16.5. The molecule has 2 rings (SSSR count). The molecule has 2 N–H and O–H groups in total. The molecule has 1 fully saturated rings. The van der Waals surface area contributed by atoms with Crippen LogP contribution in [0.4, 0.5) is 0 Å². The molecule has 30 heavy (non-hydrogen) atoms. The molecule has 172 valence electrons. The van der Waals surface area contributed by atoms with Crippen LogP contribution in [0.1, 0.15) is 38.3 Å². The number of halogens is 1. The predicted molar refractivity (Wildman–Crippen MR) is 134 cm³/mol. The third kappa shape index (κ3) is 7.77. The van der Waals surface area contributed by atoms with Gasteiger partial charge in [0.2, 0.25) is 0 Å². The zero-order valence-corrected chi connectivity index (χ0v) is 21.4. The third-order valence-electron chi connectivity index (χ3n) is 5.68. The number of ether oxygens (including phenoxy) is 3. The van der Waals surface area contributed by atoms with Gasteiger partial charge in [-0.3, -0.25) is 9.89 Å². The molecular weight excluding hydrogens is 495 g/mol. The lowest BCUT2D eigenvalue weighted by Crippen LogP contribution is -2.47. The fourth-order valence-electron chi connectivity index (χ4n) is 3.64. The molecule has 0 aromatic heterocycles. The van der Waals surface area contributed by atoms with Crippen molar-refractivity contribution in [2.45, 2.75) is 32.7 Å². The Morgan fingerprint density at radius 1 is 1.07 bits per heavy atom. The number of benzene rings is 1. The smallest absolute Gasteiger partial charge is 0.191 e. The van der Waals surface area contributed by atoms with Crippen molar-refractivity contribution in [3.63, 3.8) is 0 Å². The van der Waals surface area contributed by atoms with Crippen LogP contribution in [-0.4, -0.2) is 71.5 Å². The van der Waals surface area contributed by atoms with Crippen LogP contribution < -0.4 is 20.1 Å². The van der Waals surface area contributed by atoms with E-state index < -0.39 is 0 Å². The van der Waals surface area contributed by atoms with Crippen molar-refractivity contribution in [1.82, 2.24) is 15.5 Å². The molecule has 0 saturated carbocycles.